The van der Waals surface area contributed by atoms with E-state index < -0.39 is 0 Å². The van der Waals surface area contributed by atoms with Crippen molar-refractivity contribution in [1.82, 2.24) is 0 Å². The van der Waals surface area contributed by atoms with Crippen LogP contribution in [-0.2, 0) is 0 Å². The molecule has 0 aromatic heterocycles. The first-order chi connectivity index (χ1) is 9.85. The summed E-state index contributed by atoms with van der Waals surface area (Å²) in [5, 5.41) is 0. The van der Waals surface area contributed by atoms with Gasteiger partial charge in [-0.15, -0.1) is 0 Å². The summed E-state index contributed by atoms with van der Waals surface area (Å²) in [7, 11) is 0. The van der Waals surface area contributed by atoms with Crippen molar-refractivity contribution in [2.24, 2.45) is 5.73 Å². The summed E-state index contributed by atoms with van der Waals surface area (Å²) in [6.07, 6.45) is 0.668. The van der Waals surface area contributed by atoms with E-state index in [1.165, 1.54) is 12.1 Å². The Labute approximate surface area is 124 Å². The average Bonchev–Trinajstić information content (AvgIpc) is 2.40. The van der Waals surface area contributed by atoms with Crippen LogP contribution in [0.3, 0.4) is 0 Å². The second-order valence-electron chi connectivity index (χ2n) is 5.63. The molecule has 0 heterocycles. The monoisotopic (exact) mass is 289 g/mol. The number of hydrogen-bond donors (Lipinski definition) is 1. The van der Waals surface area contributed by atoms with E-state index in [0.717, 1.165) is 22.3 Å². The molecule has 0 saturated heterocycles. The molecule has 2 rings (SSSR count). The van der Waals surface area contributed by atoms with Crippen LogP contribution >= 0.6 is 0 Å². The van der Waals surface area contributed by atoms with Crippen LogP contribution in [0.4, 0.5) is 8.78 Å². The third kappa shape index (κ3) is 2.98. The maximum absolute atomic E-state index is 14.3. The normalized spacial score (nSPS) is 12.5. The summed E-state index contributed by atoms with van der Waals surface area (Å²) in [5.41, 5.74) is 10.6. The van der Waals surface area contributed by atoms with Gasteiger partial charge in [0.15, 0.2) is 0 Å². The molecule has 1 atom stereocenters. The van der Waals surface area contributed by atoms with E-state index in [9.17, 15) is 8.78 Å². The first kappa shape index (κ1) is 15.6. The van der Waals surface area contributed by atoms with E-state index in [2.05, 4.69) is 0 Å². The second-order valence-corrected chi connectivity index (χ2v) is 5.63. The number of aryl methyl sites for hydroxylation is 3. The van der Waals surface area contributed by atoms with Gasteiger partial charge in [-0.2, -0.15) is 0 Å². The van der Waals surface area contributed by atoms with Crippen LogP contribution in [0.1, 0.15) is 41.6 Å². The maximum Gasteiger partial charge on any atom is 0.130 e. The molecule has 0 aliphatic rings. The number of halogens is 2. The summed E-state index contributed by atoms with van der Waals surface area (Å²) in [6, 6.07) is 6.27. The summed E-state index contributed by atoms with van der Waals surface area (Å²) in [4.78, 5) is 0. The molecule has 0 spiro atoms. The molecule has 1 unspecified atom stereocenters. The first-order valence-electron chi connectivity index (χ1n) is 7.17. The Morgan fingerprint density at radius 2 is 1.52 bits per heavy atom. The fourth-order valence-corrected chi connectivity index (χ4v) is 2.80. The van der Waals surface area contributed by atoms with Gasteiger partial charge < -0.3 is 5.73 Å². The van der Waals surface area contributed by atoms with Gasteiger partial charge in [-0.05, 0) is 79.3 Å². The van der Waals surface area contributed by atoms with E-state index in [1.807, 2.05) is 20.8 Å². The molecule has 21 heavy (non-hydrogen) atoms. The lowest BCUT2D eigenvalue weighted by atomic mass is 9.91. The van der Waals surface area contributed by atoms with Crippen LogP contribution in [0.2, 0.25) is 0 Å². The van der Waals surface area contributed by atoms with Gasteiger partial charge in [-0.25, -0.2) is 8.78 Å². The van der Waals surface area contributed by atoms with Gasteiger partial charge in [0, 0.05) is 11.6 Å². The van der Waals surface area contributed by atoms with Crippen LogP contribution < -0.4 is 5.73 Å². The molecule has 112 valence electrons. The van der Waals surface area contributed by atoms with Crippen molar-refractivity contribution in [1.29, 1.82) is 0 Å². The maximum atomic E-state index is 14.3. The fraction of sp³-hybridized carbons (Fsp3) is 0.333. The van der Waals surface area contributed by atoms with Crippen LogP contribution in [0.25, 0.3) is 11.1 Å². The Bertz CT molecular complexity index is 654. The lowest BCUT2D eigenvalue weighted by Gasteiger charge is -2.17. The number of rotatable bonds is 3. The molecule has 0 aliphatic carbocycles. The van der Waals surface area contributed by atoms with Gasteiger partial charge in [0.1, 0.15) is 11.6 Å². The Hall–Kier alpha value is -1.74. The van der Waals surface area contributed by atoms with E-state index >= 15 is 0 Å². The Morgan fingerprint density at radius 1 is 0.952 bits per heavy atom. The molecule has 2 aromatic rings. The van der Waals surface area contributed by atoms with Gasteiger partial charge in [0.2, 0.25) is 0 Å². The Balaban J connectivity index is 2.68. The van der Waals surface area contributed by atoms with Crippen molar-refractivity contribution < 1.29 is 8.78 Å². The van der Waals surface area contributed by atoms with Crippen molar-refractivity contribution in [3.8, 4) is 11.1 Å². The molecule has 1 nitrogen and oxygen atoms in total. The zero-order valence-electron chi connectivity index (χ0n) is 12.9. The standard InChI is InChI=1S/C18H21F2N/c1-5-16(21)15-9-13(6-12(4)18(15)20)17-10(2)7-14(19)8-11(17)3/h6-9,16H,5,21H2,1-4H3. The smallest absolute Gasteiger partial charge is 0.130 e. The second kappa shape index (κ2) is 5.94. The SMILES string of the molecule is CCC(N)c1cc(-c2c(C)cc(F)cc2C)cc(C)c1F. The summed E-state index contributed by atoms with van der Waals surface area (Å²) in [5.74, 6) is -0.497. The highest BCUT2D eigenvalue weighted by molar-refractivity contribution is 5.72. The summed E-state index contributed by atoms with van der Waals surface area (Å²) < 4.78 is 27.7. The van der Waals surface area contributed by atoms with Crippen LogP contribution in [0, 0.1) is 32.4 Å². The topological polar surface area (TPSA) is 26.0 Å². The number of benzene rings is 2. The van der Waals surface area contributed by atoms with Gasteiger partial charge >= 0.3 is 0 Å². The van der Waals surface area contributed by atoms with Crippen LogP contribution in [0.15, 0.2) is 24.3 Å². The third-order valence-corrected chi connectivity index (χ3v) is 3.91. The minimum Gasteiger partial charge on any atom is -0.324 e. The van der Waals surface area contributed by atoms with Crippen molar-refractivity contribution in [3.63, 3.8) is 0 Å². The van der Waals surface area contributed by atoms with Crippen molar-refractivity contribution in [3.05, 3.63) is 58.2 Å². The molecule has 0 radical (unpaired) electrons. The molecular weight excluding hydrogens is 268 g/mol. The molecular formula is C18H21F2N. The summed E-state index contributed by atoms with van der Waals surface area (Å²) >= 11 is 0. The van der Waals surface area contributed by atoms with E-state index in [1.54, 1.807) is 19.1 Å². The van der Waals surface area contributed by atoms with E-state index in [4.69, 9.17) is 5.73 Å². The molecule has 0 amide bonds. The third-order valence-electron chi connectivity index (χ3n) is 3.91. The largest absolute Gasteiger partial charge is 0.324 e. The Kier molecular flexibility index (Phi) is 4.43. The quantitative estimate of drug-likeness (QED) is 0.848. The fourth-order valence-electron chi connectivity index (χ4n) is 2.80. The average molecular weight is 289 g/mol. The molecule has 2 N–H and O–H groups in total. The highest BCUT2D eigenvalue weighted by Gasteiger charge is 2.16. The van der Waals surface area contributed by atoms with Crippen LogP contribution in [0.5, 0.6) is 0 Å². The summed E-state index contributed by atoms with van der Waals surface area (Å²) in [6.45, 7) is 7.40. The van der Waals surface area contributed by atoms with Crippen LogP contribution in [-0.4, -0.2) is 0 Å². The van der Waals surface area contributed by atoms with Gasteiger partial charge in [0.25, 0.3) is 0 Å². The predicted octanol–water partition coefficient (Wildman–Crippen LogP) is 4.97. The van der Waals surface area contributed by atoms with Gasteiger partial charge in [-0.1, -0.05) is 6.92 Å². The first-order valence-corrected chi connectivity index (χ1v) is 7.17. The lowest BCUT2D eigenvalue weighted by Crippen LogP contribution is -2.12. The molecule has 0 bridgehead atoms. The number of hydrogen-bond acceptors (Lipinski definition) is 1. The zero-order valence-corrected chi connectivity index (χ0v) is 12.9. The molecule has 3 heteroatoms. The highest BCUT2D eigenvalue weighted by Crippen LogP contribution is 2.32. The predicted molar refractivity (Wildman–Crippen MR) is 83.2 cm³/mol. The van der Waals surface area contributed by atoms with Gasteiger partial charge in [-0.3, -0.25) is 0 Å². The van der Waals surface area contributed by atoms with Crippen molar-refractivity contribution in [2.45, 2.75) is 40.2 Å². The molecule has 0 aliphatic heterocycles. The van der Waals surface area contributed by atoms with Gasteiger partial charge in [0.05, 0.1) is 0 Å². The van der Waals surface area contributed by atoms with E-state index in [-0.39, 0.29) is 17.7 Å². The minimum absolute atomic E-state index is 0.245. The Morgan fingerprint density at radius 3 is 2.05 bits per heavy atom. The van der Waals surface area contributed by atoms with Crippen molar-refractivity contribution >= 4 is 0 Å². The molecule has 0 fully saturated rings. The minimum atomic E-state index is -0.329. The molecule has 0 saturated carbocycles. The highest BCUT2D eigenvalue weighted by atomic mass is 19.1. The number of nitrogens with two attached hydrogens (primary N) is 1. The van der Waals surface area contributed by atoms with Crippen molar-refractivity contribution in [2.75, 3.05) is 0 Å². The van der Waals surface area contributed by atoms with E-state index in [0.29, 0.717) is 17.5 Å². The molecule has 2 aromatic carbocycles. The lowest BCUT2D eigenvalue weighted by molar-refractivity contribution is 0.568. The zero-order chi connectivity index (χ0) is 15.7.